The molecule has 0 unspecified atom stereocenters. The summed E-state index contributed by atoms with van der Waals surface area (Å²) in [6.45, 7) is 2.93. The minimum atomic E-state index is -0.395. The van der Waals surface area contributed by atoms with Crippen LogP contribution in [0.15, 0.2) is 42.5 Å². The number of amides is 2. The van der Waals surface area contributed by atoms with Crippen LogP contribution in [0.1, 0.15) is 17.5 Å². The van der Waals surface area contributed by atoms with Gasteiger partial charge in [-0.2, -0.15) is 0 Å². The molecule has 0 bridgehead atoms. The molecule has 1 atom stereocenters. The predicted octanol–water partition coefficient (Wildman–Crippen LogP) is 4.29. The zero-order valence-corrected chi connectivity index (χ0v) is 15.3. The van der Waals surface area contributed by atoms with Crippen LogP contribution in [0.3, 0.4) is 0 Å². The van der Waals surface area contributed by atoms with E-state index in [0.29, 0.717) is 28.8 Å². The van der Waals surface area contributed by atoms with Crippen molar-refractivity contribution in [2.75, 3.05) is 11.9 Å². The zero-order chi connectivity index (χ0) is 18.0. The number of hydrogen-bond donors (Lipinski definition) is 1. The smallest absolute Gasteiger partial charge is 0.229 e. The van der Waals surface area contributed by atoms with Gasteiger partial charge >= 0.3 is 0 Å². The van der Waals surface area contributed by atoms with Crippen molar-refractivity contribution >= 4 is 40.7 Å². The van der Waals surface area contributed by atoms with Gasteiger partial charge in [-0.25, -0.2) is 0 Å². The fourth-order valence-corrected chi connectivity index (χ4v) is 3.20. The summed E-state index contributed by atoms with van der Waals surface area (Å²) in [5.74, 6) is -0.630. The number of likely N-dealkylation sites (tertiary alicyclic amines) is 1. The van der Waals surface area contributed by atoms with E-state index in [1.807, 2.05) is 31.2 Å². The molecule has 2 aromatic carbocycles. The lowest BCUT2D eigenvalue weighted by atomic mass is 10.1. The summed E-state index contributed by atoms with van der Waals surface area (Å²) in [6, 6.07) is 13.1. The van der Waals surface area contributed by atoms with E-state index < -0.39 is 5.92 Å². The van der Waals surface area contributed by atoms with E-state index in [4.69, 9.17) is 23.2 Å². The van der Waals surface area contributed by atoms with Gasteiger partial charge in [-0.05, 0) is 24.6 Å². The van der Waals surface area contributed by atoms with Crippen LogP contribution in [0.25, 0.3) is 0 Å². The number of halogens is 2. The lowest BCUT2D eigenvalue weighted by molar-refractivity contribution is -0.128. The fraction of sp³-hybridized carbons (Fsp3) is 0.263. The Balaban J connectivity index is 1.64. The number of aryl methyl sites for hydroxylation is 1. The van der Waals surface area contributed by atoms with Gasteiger partial charge in [0.1, 0.15) is 0 Å². The first-order valence-corrected chi connectivity index (χ1v) is 8.78. The molecule has 0 saturated carbocycles. The van der Waals surface area contributed by atoms with Gasteiger partial charge in [0.05, 0.1) is 21.7 Å². The van der Waals surface area contributed by atoms with Crippen LogP contribution in [0.2, 0.25) is 10.0 Å². The Labute approximate surface area is 156 Å². The van der Waals surface area contributed by atoms with Gasteiger partial charge in [0.15, 0.2) is 0 Å². The molecule has 2 amide bonds. The molecule has 2 aromatic rings. The number of benzene rings is 2. The molecule has 0 spiro atoms. The van der Waals surface area contributed by atoms with Crippen LogP contribution < -0.4 is 5.32 Å². The molecule has 4 nitrogen and oxygen atoms in total. The number of nitrogens with one attached hydrogen (secondary N) is 1. The van der Waals surface area contributed by atoms with Crippen LogP contribution in [0.4, 0.5) is 5.69 Å². The molecule has 1 fully saturated rings. The van der Waals surface area contributed by atoms with E-state index in [2.05, 4.69) is 5.32 Å². The minimum Gasteiger partial charge on any atom is -0.338 e. The zero-order valence-electron chi connectivity index (χ0n) is 13.8. The van der Waals surface area contributed by atoms with Crippen LogP contribution in [0.5, 0.6) is 0 Å². The summed E-state index contributed by atoms with van der Waals surface area (Å²) in [4.78, 5) is 26.4. The van der Waals surface area contributed by atoms with E-state index in [1.165, 1.54) is 5.56 Å². The van der Waals surface area contributed by atoms with Gasteiger partial charge in [-0.3, -0.25) is 9.59 Å². The normalized spacial score (nSPS) is 17.0. The van der Waals surface area contributed by atoms with Crippen molar-refractivity contribution in [2.45, 2.75) is 19.9 Å². The number of anilines is 1. The number of carbonyl (C=O) groups is 2. The molecule has 3 rings (SSSR count). The van der Waals surface area contributed by atoms with Crippen LogP contribution in [0, 0.1) is 12.8 Å². The molecule has 0 aromatic heterocycles. The molecule has 0 radical (unpaired) electrons. The Morgan fingerprint density at radius 2 is 1.92 bits per heavy atom. The van der Waals surface area contributed by atoms with Gasteiger partial charge in [0.2, 0.25) is 11.8 Å². The summed E-state index contributed by atoms with van der Waals surface area (Å²) in [7, 11) is 0. The third kappa shape index (κ3) is 4.14. The van der Waals surface area contributed by atoms with Crippen LogP contribution >= 0.6 is 23.2 Å². The first kappa shape index (κ1) is 17.8. The highest BCUT2D eigenvalue weighted by Gasteiger charge is 2.34. The van der Waals surface area contributed by atoms with Crippen molar-refractivity contribution in [1.29, 1.82) is 0 Å². The number of carbonyl (C=O) groups excluding carboxylic acids is 2. The average molecular weight is 377 g/mol. The van der Waals surface area contributed by atoms with Crippen LogP contribution in [-0.4, -0.2) is 23.3 Å². The summed E-state index contributed by atoms with van der Waals surface area (Å²) >= 11 is 12.1. The first-order valence-electron chi connectivity index (χ1n) is 8.02. The predicted molar refractivity (Wildman–Crippen MR) is 99.8 cm³/mol. The van der Waals surface area contributed by atoms with E-state index in [1.54, 1.807) is 23.1 Å². The Morgan fingerprint density at radius 1 is 1.20 bits per heavy atom. The molecule has 1 N–H and O–H groups in total. The summed E-state index contributed by atoms with van der Waals surface area (Å²) in [6.07, 6.45) is 0.204. The fourth-order valence-electron chi connectivity index (χ4n) is 2.85. The van der Waals surface area contributed by atoms with E-state index in [0.717, 1.165) is 5.56 Å². The molecule has 1 aliphatic heterocycles. The maximum Gasteiger partial charge on any atom is 0.229 e. The SMILES string of the molecule is Cc1ccc(CN2C[C@@H](C(=O)Nc3cccc(Cl)c3Cl)CC2=O)cc1. The van der Waals surface area contributed by atoms with Gasteiger partial charge in [-0.1, -0.05) is 59.1 Å². The molecule has 0 aliphatic carbocycles. The van der Waals surface area contributed by atoms with Gasteiger partial charge in [-0.15, -0.1) is 0 Å². The van der Waals surface area contributed by atoms with Gasteiger partial charge < -0.3 is 10.2 Å². The van der Waals surface area contributed by atoms with Crippen LogP contribution in [-0.2, 0) is 16.1 Å². The Hall–Kier alpha value is -2.04. The molecule has 25 heavy (non-hydrogen) atoms. The molecular weight excluding hydrogens is 359 g/mol. The summed E-state index contributed by atoms with van der Waals surface area (Å²) in [5.41, 5.74) is 2.69. The van der Waals surface area contributed by atoms with Gasteiger partial charge in [0, 0.05) is 19.5 Å². The second-order valence-corrected chi connectivity index (χ2v) is 7.04. The number of rotatable bonds is 4. The van der Waals surface area contributed by atoms with Crippen molar-refractivity contribution in [3.8, 4) is 0 Å². The largest absolute Gasteiger partial charge is 0.338 e. The highest BCUT2D eigenvalue weighted by Crippen LogP contribution is 2.30. The second-order valence-electron chi connectivity index (χ2n) is 6.25. The van der Waals surface area contributed by atoms with E-state index in [9.17, 15) is 9.59 Å². The Bertz CT molecular complexity index is 806. The quantitative estimate of drug-likeness (QED) is 0.864. The number of nitrogens with zero attached hydrogens (tertiary/aromatic N) is 1. The van der Waals surface area contributed by atoms with Crippen molar-refractivity contribution in [3.05, 3.63) is 63.6 Å². The molecule has 6 heteroatoms. The highest BCUT2D eigenvalue weighted by atomic mass is 35.5. The number of hydrogen-bond acceptors (Lipinski definition) is 2. The lowest BCUT2D eigenvalue weighted by Gasteiger charge is -2.17. The Kier molecular flexibility index (Phi) is 5.30. The molecule has 1 heterocycles. The average Bonchev–Trinajstić information content (AvgIpc) is 2.95. The molecule has 1 saturated heterocycles. The first-order chi connectivity index (χ1) is 11.9. The second kappa shape index (κ2) is 7.46. The maximum atomic E-state index is 12.5. The lowest BCUT2D eigenvalue weighted by Crippen LogP contribution is -2.28. The standard InChI is InChI=1S/C19H18Cl2N2O2/c1-12-5-7-13(8-6-12)10-23-11-14(9-17(23)24)19(25)22-16-4-2-3-15(20)18(16)21/h2-8,14H,9-11H2,1H3,(H,22,25)/t14-/m0/s1. The van der Waals surface area contributed by atoms with E-state index in [-0.39, 0.29) is 18.2 Å². The van der Waals surface area contributed by atoms with Crippen molar-refractivity contribution in [2.24, 2.45) is 5.92 Å². The molecule has 130 valence electrons. The van der Waals surface area contributed by atoms with Crippen molar-refractivity contribution < 1.29 is 9.59 Å². The monoisotopic (exact) mass is 376 g/mol. The topological polar surface area (TPSA) is 49.4 Å². The van der Waals surface area contributed by atoms with E-state index >= 15 is 0 Å². The van der Waals surface area contributed by atoms with Crippen molar-refractivity contribution in [3.63, 3.8) is 0 Å². The molecule has 1 aliphatic rings. The third-order valence-corrected chi connectivity index (χ3v) is 5.11. The molecular formula is C19H18Cl2N2O2. The Morgan fingerprint density at radius 3 is 2.64 bits per heavy atom. The highest BCUT2D eigenvalue weighted by molar-refractivity contribution is 6.44. The third-order valence-electron chi connectivity index (χ3n) is 4.29. The van der Waals surface area contributed by atoms with Crippen molar-refractivity contribution in [1.82, 2.24) is 4.90 Å². The summed E-state index contributed by atoms with van der Waals surface area (Å²) in [5, 5.41) is 3.45. The van der Waals surface area contributed by atoms with Gasteiger partial charge in [0.25, 0.3) is 0 Å². The maximum absolute atomic E-state index is 12.5. The minimum absolute atomic E-state index is 0.0158. The summed E-state index contributed by atoms with van der Waals surface area (Å²) < 4.78 is 0.